The summed E-state index contributed by atoms with van der Waals surface area (Å²) in [7, 11) is 0. The van der Waals surface area contributed by atoms with Gasteiger partial charge in [0.25, 0.3) is 0 Å². The number of benzene rings is 1. The Morgan fingerprint density at radius 1 is 1.29 bits per heavy atom. The lowest BCUT2D eigenvalue weighted by Crippen LogP contribution is -2.26. The van der Waals surface area contributed by atoms with Crippen molar-refractivity contribution < 1.29 is 3.07 Å². The normalized spacial score (nSPS) is 10.8. The van der Waals surface area contributed by atoms with Gasteiger partial charge < -0.3 is 3.07 Å². The monoisotopic (exact) mass is 305 g/mol. The van der Waals surface area contributed by atoms with Crippen LogP contribution in [-0.4, -0.2) is 24.6 Å². The van der Waals surface area contributed by atoms with Gasteiger partial charge in [-0.15, -0.1) is 0 Å². The molecule has 0 fully saturated rings. The lowest BCUT2D eigenvalue weighted by Gasteiger charge is -2.19. The SMILES string of the molecule is CCN(CCOI)Cc1ccccc1. The van der Waals surface area contributed by atoms with Gasteiger partial charge in [0.1, 0.15) is 23.0 Å². The minimum Gasteiger partial charge on any atom is -0.314 e. The first-order valence-electron chi connectivity index (χ1n) is 4.86. The first-order chi connectivity index (χ1) is 6.86. The van der Waals surface area contributed by atoms with Crippen molar-refractivity contribution in [1.82, 2.24) is 4.90 Å². The van der Waals surface area contributed by atoms with Crippen molar-refractivity contribution in [2.75, 3.05) is 19.7 Å². The largest absolute Gasteiger partial charge is 0.314 e. The number of nitrogens with zero attached hydrogens (tertiary/aromatic N) is 1. The van der Waals surface area contributed by atoms with E-state index in [9.17, 15) is 0 Å². The predicted octanol–water partition coefficient (Wildman–Crippen LogP) is 2.88. The summed E-state index contributed by atoms with van der Waals surface area (Å²) in [4.78, 5) is 2.37. The van der Waals surface area contributed by atoms with E-state index < -0.39 is 0 Å². The van der Waals surface area contributed by atoms with Crippen LogP contribution in [0.25, 0.3) is 0 Å². The molecule has 0 heterocycles. The highest BCUT2D eigenvalue weighted by Crippen LogP contribution is 2.03. The van der Waals surface area contributed by atoms with Crippen LogP contribution in [0.4, 0.5) is 0 Å². The highest BCUT2D eigenvalue weighted by Gasteiger charge is 2.02. The quantitative estimate of drug-likeness (QED) is 0.749. The molecule has 0 aliphatic heterocycles. The molecule has 14 heavy (non-hydrogen) atoms. The predicted molar refractivity (Wildman–Crippen MR) is 67.4 cm³/mol. The van der Waals surface area contributed by atoms with Crippen LogP contribution in [0.3, 0.4) is 0 Å². The van der Waals surface area contributed by atoms with Gasteiger partial charge in [-0.1, -0.05) is 37.3 Å². The Kier molecular flexibility index (Phi) is 6.14. The maximum absolute atomic E-state index is 5.04. The third-order valence-corrected chi connectivity index (χ3v) is 2.62. The van der Waals surface area contributed by atoms with Gasteiger partial charge >= 0.3 is 0 Å². The zero-order valence-corrected chi connectivity index (χ0v) is 10.6. The summed E-state index contributed by atoms with van der Waals surface area (Å²) in [6.45, 7) is 6.04. The van der Waals surface area contributed by atoms with E-state index in [4.69, 9.17) is 3.07 Å². The lowest BCUT2D eigenvalue weighted by atomic mass is 10.2. The summed E-state index contributed by atoms with van der Waals surface area (Å²) in [6.07, 6.45) is 0. The molecule has 0 radical (unpaired) electrons. The van der Waals surface area contributed by atoms with Crippen LogP contribution in [0.15, 0.2) is 30.3 Å². The second kappa shape index (κ2) is 7.20. The third-order valence-electron chi connectivity index (χ3n) is 2.18. The van der Waals surface area contributed by atoms with Crippen molar-refractivity contribution >= 4 is 23.0 Å². The van der Waals surface area contributed by atoms with Crippen LogP contribution in [0, 0.1) is 0 Å². The maximum atomic E-state index is 5.04. The van der Waals surface area contributed by atoms with Crippen LogP contribution in [0.1, 0.15) is 12.5 Å². The highest BCUT2D eigenvalue weighted by atomic mass is 127. The molecule has 0 N–H and O–H groups in total. The van der Waals surface area contributed by atoms with E-state index in [1.807, 2.05) is 29.1 Å². The van der Waals surface area contributed by atoms with Crippen LogP contribution in [-0.2, 0) is 9.61 Å². The second-order valence-electron chi connectivity index (χ2n) is 3.17. The molecule has 1 aromatic rings. The van der Waals surface area contributed by atoms with Gasteiger partial charge in [-0.25, -0.2) is 0 Å². The molecule has 1 aromatic carbocycles. The molecule has 0 saturated carbocycles. The maximum Gasteiger partial charge on any atom is 0.109 e. The fraction of sp³-hybridized carbons (Fsp3) is 0.455. The molecule has 0 aromatic heterocycles. The summed E-state index contributed by atoms with van der Waals surface area (Å²) in [5.41, 5.74) is 1.36. The molecule has 0 amide bonds. The molecule has 78 valence electrons. The summed E-state index contributed by atoms with van der Waals surface area (Å²) >= 11 is 1.94. The summed E-state index contributed by atoms with van der Waals surface area (Å²) in [5, 5.41) is 0. The van der Waals surface area contributed by atoms with Gasteiger partial charge in [-0.05, 0) is 12.1 Å². The van der Waals surface area contributed by atoms with Crippen LogP contribution >= 0.6 is 23.0 Å². The van der Waals surface area contributed by atoms with E-state index >= 15 is 0 Å². The van der Waals surface area contributed by atoms with E-state index in [1.165, 1.54) is 5.56 Å². The van der Waals surface area contributed by atoms with E-state index in [1.54, 1.807) is 0 Å². The first kappa shape index (κ1) is 11.9. The number of halogens is 1. The zero-order chi connectivity index (χ0) is 10.2. The Labute approximate surface area is 99.9 Å². The molecular formula is C11H16INO. The molecule has 0 unspecified atom stereocenters. The minimum atomic E-state index is 0.793. The Morgan fingerprint density at radius 2 is 2.00 bits per heavy atom. The van der Waals surface area contributed by atoms with Gasteiger partial charge in [0.2, 0.25) is 0 Å². The van der Waals surface area contributed by atoms with Gasteiger partial charge in [0.15, 0.2) is 0 Å². The van der Waals surface area contributed by atoms with Gasteiger partial charge in [0, 0.05) is 13.1 Å². The van der Waals surface area contributed by atoms with E-state index in [-0.39, 0.29) is 0 Å². The Morgan fingerprint density at radius 3 is 2.57 bits per heavy atom. The topological polar surface area (TPSA) is 12.5 Å². The summed E-state index contributed by atoms with van der Waals surface area (Å²) in [5.74, 6) is 0. The van der Waals surface area contributed by atoms with Gasteiger partial charge in [-0.2, -0.15) is 0 Å². The van der Waals surface area contributed by atoms with Gasteiger partial charge in [-0.3, -0.25) is 4.90 Å². The van der Waals surface area contributed by atoms with Crippen molar-refractivity contribution in [1.29, 1.82) is 0 Å². The standard InChI is InChI=1S/C11H16INO/c1-2-13(8-9-14-12)10-11-6-4-3-5-7-11/h3-7H,2,8-10H2,1H3. The number of rotatable bonds is 6. The minimum absolute atomic E-state index is 0.793. The molecule has 0 aliphatic rings. The van der Waals surface area contributed by atoms with Crippen molar-refractivity contribution in [3.63, 3.8) is 0 Å². The van der Waals surface area contributed by atoms with Crippen LogP contribution in [0.5, 0.6) is 0 Å². The number of likely N-dealkylation sites (N-methyl/N-ethyl adjacent to an activating group) is 1. The van der Waals surface area contributed by atoms with E-state index in [0.717, 1.165) is 26.2 Å². The number of hydrogen-bond donors (Lipinski definition) is 0. The molecular weight excluding hydrogens is 289 g/mol. The molecule has 0 saturated heterocycles. The fourth-order valence-electron chi connectivity index (χ4n) is 1.35. The average molecular weight is 305 g/mol. The highest BCUT2D eigenvalue weighted by molar-refractivity contribution is 14.1. The lowest BCUT2D eigenvalue weighted by molar-refractivity contribution is 0.240. The van der Waals surface area contributed by atoms with Crippen molar-refractivity contribution in [3.8, 4) is 0 Å². The third kappa shape index (κ3) is 4.39. The van der Waals surface area contributed by atoms with Crippen molar-refractivity contribution in [2.45, 2.75) is 13.5 Å². The molecule has 0 atom stereocenters. The Balaban J connectivity index is 2.40. The molecule has 2 nitrogen and oxygen atoms in total. The van der Waals surface area contributed by atoms with E-state index in [2.05, 4.69) is 36.1 Å². The first-order valence-corrected chi connectivity index (χ1v) is 5.74. The van der Waals surface area contributed by atoms with Crippen LogP contribution in [0.2, 0.25) is 0 Å². The molecule has 1 rings (SSSR count). The summed E-state index contributed by atoms with van der Waals surface area (Å²) < 4.78 is 5.04. The zero-order valence-electron chi connectivity index (χ0n) is 8.45. The summed E-state index contributed by atoms with van der Waals surface area (Å²) in [6, 6.07) is 10.5. The van der Waals surface area contributed by atoms with Crippen molar-refractivity contribution in [2.24, 2.45) is 0 Å². The molecule has 0 bridgehead atoms. The fourth-order valence-corrected chi connectivity index (χ4v) is 1.55. The Bertz CT molecular complexity index is 240. The Hall–Kier alpha value is -0.130. The van der Waals surface area contributed by atoms with Gasteiger partial charge in [0.05, 0.1) is 6.61 Å². The smallest absolute Gasteiger partial charge is 0.109 e. The number of hydrogen-bond acceptors (Lipinski definition) is 2. The average Bonchev–Trinajstić information content (AvgIpc) is 2.25. The van der Waals surface area contributed by atoms with Crippen molar-refractivity contribution in [3.05, 3.63) is 35.9 Å². The molecule has 0 spiro atoms. The molecule has 0 aliphatic carbocycles. The molecule has 3 heteroatoms. The van der Waals surface area contributed by atoms with Crippen LogP contribution < -0.4 is 0 Å². The van der Waals surface area contributed by atoms with E-state index in [0.29, 0.717) is 0 Å². The second-order valence-corrected chi connectivity index (χ2v) is 3.79.